The zero-order valence-electron chi connectivity index (χ0n) is 11.9. The molecule has 3 nitrogen and oxygen atoms in total. The molecule has 21 heavy (non-hydrogen) atoms. The SMILES string of the molecule is Cc1ccc(NC(=O)c2cccc3c2CCNC3)cc1Cl. The summed E-state index contributed by atoms with van der Waals surface area (Å²) in [5.41, 5.74) is 4.83. The molecule has 0 aliphatic carbocycles. The number of aryl methyl sites for hydroxylation is 1. The third kappa shape index (κ3) is 2.94. The van der Waals surface area contributed by atoms with Crippen LogP contribution in [0.3, 0.4) is 0 Å². The first-order valence-corrected chi connectivity index (χ1v) is 7.42. The molecule has 2 N–H and O–H groups in total. The van der Waals surface area contributed by atoms with Crippen LogP contribution in [0.4, 0.5) is 5.69 Å². The van der Waals surface area contributed by atoms with Gasteiger partial charge in [0.05, 0.1) is 0 Å². The summed E-state index contributed by atoms with van der Waals surface area (Å²) in [6.45, 7) is 3.68. The Labute approximate surface area is 129 Å². The maximum absolute atomic E-state index is 12.5. The molecule has 2 aromatic rings. The Bertz CT molecular complexity index is 697. The first-order valence-electron chi connectivity index (χ1n) is 7.04. The van der Waals surface area contributed by atoms with Gasteiger partial charge in [-0.05, 0) is 54.8 Å². The van der Waals surface area contributed by atoms with E-state index in [-0.39, 0.29) is 5.91 Å². The zero-order chi connectivity index (χ0) is 14.8. The number of fused-ring (bicyclic) bond motifs is 1. The fraction of sp³-hybridized carbons (Fsp3) is 0.235. The predicted octanol–water partition coefficient (Wildman–Crippen LogP) is 3.55. The lowest BCUT2D eigenvalue weighted by atomic mass is 9.95. The van der Waals surface area contributed by atoms with E-state index >= 15 is 0 Å². The van der Waals surface area contributed by atoms with E-state index in [2.05, 4.69) is 16.7 Å². The Kier molecular flexibility index (Phi) is 3.95. The number of hydrogen-bond donors (Lipinski definition) is 2. The standard InChI is InChI=1S/C17H17ClN2O/c1-11-5-6-13(9-16(11)18)20-17(21)15-4-2-3-12-10-19-8-7-14(12)15/h2-6,9,19H,7-8,10H2,1H3,(H,20,21). The minimum atomic E-state index is -0.0753. The summed E-state index contributed by atoms with van der Waals surface area (Å²) in [5, 5.41) is 6.91. The van der Waals surface area contributed by atoms with Gasteiger partial charge in [0, 0.05) is 22.8 Å². The summed E-state index contributed by atoms with van der Waals surface area (Å²) in [7, 11) is 0. The van der Waals surface area contributed by atoms with E-state index in [1.54, 1.807) is 6.07 Å². The summed E-state index contributed by atoms with van der Waals surface area (Å²) < 4.78 is 0. The Morgan fingerprint density at radius 3 is 2.95 bits per heavy atom. The maximum Gasteiger partial charge on any atom is 0.255 e. The van der Waals surface area contributed by atoms with Gasteiger partial charge in [-0.25, -0.2) is 0 Å². The fourth-order valence-electron chi connectivity index (χ4n) is 2.61. The van der Waals surface area contributed by atoms with Gasteiger partial charge in [0.1, 0.15) is 0 Å². The second-order valence-electron chi connectivity index (χ2n) is 5.29. The Balaban J connectivity index is 1.87. The molecule has 1 heterocycles. The summed E-state index contributed by atoms with van der Waals surface area (Å²) in [6, 6.07) is 11.4. The first kappa shape index (κ1) is 14.1. The average molecular weight is 301 g/mol. The van der Waals surface area contributed by atoms with Gasteiger partial charge in [-0.1, -0.05) is 29.8 Å². The minimum absolute atomic E-state index is 0.0753. The van der Waals surface area contributed by atoms with Crippen molar-refractivity contribution in [1.82, 2.24) is 5.32 Å². The Morgan fingerprint density at radius 1 is 1.29 bits per heavy atom. The van der Waals surface area contributed by atoms with Crippen molar-refractivity contribution in [2.24, 2.45) is 0 Å². The molecular weight excluding hydrogens is 284 g/mol. The molecule has 0 bridgehead atoms. The third-order valence-electron chi connectivity index (χ3n) is 3.81. The van der Waals surface area contributed by atoms with Crippen molar-refractivity contribution in [3.63, 3.8) is 0 Å². The molecule has 1 aliphatic heterocycles. The highest BCUT2D eigenvalue weighted by atomic mass is 35.5. The van der Waals surface area contributed by atoms with Crippen molar-refractivity contribution in [2.45, 2.75) is 19.9 Å². The lowest BCUT2D eigenvalue weighted by Crippen LogP contribution is -2.26. The van der Waals surface area contributed by atoms with Gasteiger partial charge in [-0.2, -0.15) is 0 Å². The number of benzene rings is 2. The van der Waals surface area contributed by atoms with E-state index in [4.69, 9.17) is 11.6 Å². The van der Waals surface area contributed by atoms with Crippen LogP contribution in [0.1, 0.15) is 27.0 Å². The molecule has 0 spiro atoms. The van der Waals surface area contributed by atoms with Crippen molar-refractivity contribution >= 4 is 23.2 Å². The van der Waals surface area contributed by atoms with Crippen LogP contribution in [0.5, 0.6) is 0 Å². The monoisotopic (exact) mass is 300 g/mol. The van der Waals surface area contributed by atoms with Crippen LogP contribution in [0.25, 0.3) is 0 Å². The van der Waals surface area contributed by atoms with Gasteiger partial charge in [0.15, 0.2) is 0 Å². The number of hydrogen-bond acceptors (Lipinski definition) is 2. The molecule has 0 saturated carbocycles. The van der Waals surface area contributed by atoms with E-state index in [0.717, 1.165) is 41.9 Å². The molecule has 0 fully saturated rings. The fourth-order valence-corrected chi connectivity index (χ4v) is 2.79. The molecule has 2 aromatic carbocycles. The molecule has 0 unspecified atom stereocenters. The van der Waals surface area contributed by atoms with Crippen LogP contribution >= 0.6 is 11.6 Å². The van der Waals surface area contributed by atoms with Crippen molar-refractivity contribution in [2.75, 3.05) is 11.9 Å². The largest absolute Gasteiger partial charge is 0.322 e. The van der Waals surface area contributed by atoms with Gasteiger partial charge in [-0.15, -0.1) is 0 Å². The van der Waals surface area contributed by atoms with E-state index in [1.807, 2.05) is 31.2 Å². The molecular formula is C17H17ClN2O. The summed E-state index contributed by atoms with van der Waals surface area (Å²) in [6.07, 6.45) is 0.883. The van der Waals surface area contributed by atoms with Crippen LogP contribution in [-0.2, 0) is 13.0 Å². The van der Waals surface area contributed by atoms with E-state index in [9.17, 15) is 4.79 Å². The van der Waals surface area contributed by atoms with Gasteiger partial charge >= 0.3 is 0 Å². The molecule has 0 radical (unpaired) electrons. The zero-order valence-corrected chi connectivity index (χ0v) is 12.6. The highest BCUT2D eigenvalue weighted by Gasteiger charge is 2.17. The van der Waals surface area contributed by atoms with Crippen LogP contribution in [0.2, 0.25) is 5.02 Å². The van der Waals surface area contributed by atoms with E-state index < -0.39 is 0 Å². The third-order valence-corrected chi connectivity index (χ3v) is 4.22. The van der Waals surface area contributed by atoms with E-state index in [1.165, 1.54) is 5.56 Å². The van der Waals surface area contributed by atoms with Crippen molar-refractivity contribution < 1.29 is 4.79 Å². The second-order valence-corrected chi connectivity index (χ2v) is 5.70. The molecule has 0 aromatic heterocycles. The molecule has 0 atom stereocenters. The highest BCUT2D eigenvalue weighted by Crippen LogP contribution is 2.23. The molecule has 3 rings (SSSR count). The van der Waals surface area contributed by atoms with Crippen molar-refractivity contribution in [3.05, 3.63) is 63.7 Å². The predicted molar refractivity (Wildman–Crippen MR) is 86.0 cm³/mol. The van der Waals surface area contributed by atoms with Crippen LogP contribution in [0.15, 0.2) is 36.4 Å². The number of anilines is 1. The van der Waals surface area contributed by atoms with Crippen LogP contribution in [0, 0.1) is 6.92 Å². The normalized spacial score (nSPS) is 13.6. The van der Waals surface area contributed by atoms with Gasteiger partial charge in [-0.3, -0.25) is 4.79 Å². The number of nitrogens with one attached hydrogen (secondary N) is 2. The smallest absolute Gasteiger partial charge is 0.255 e. The minimum Gasteiger partial charge on any atom is -0.322 e. The number of rotatable bonds is 2. The average Bonchev–Trinajstić information content (AvgIpc) is 2.50. The lowest BCUT2D eigenvalue weighted by Gasteiger charge is -2.20. The summed E-state index contributed by atoms with van der Waals surface area (Å²) in [4.78, 5) is 12.5. The number of carbonyl (C=O) groups excluding carboxylic acids is 1. The highest BCUT2D eigenvalue weighted by molar-refractivity contribution is 6.31. The quantitative estimate of drug-likeness (QED) is 0.890. The number of carbonyl (C=O) groups is 1. The molecule has 1 amide bonds. The second kappa shape index (κ2) is 5.88. The number of amides is 1. The summed E-state index contributed by atoms with van der Waals surface area (Å²) in [5.74, 6) is -0.0753. The molecule has 0 saturated heterocycles. The van der Waals surface area contributed by atoms with Gasteiger partial charge < -0.3 is 10.6 Å². The van der Waals surface area contributed by atoms with Crippen LogP contribution in [-0.4, -0.2) is 12.5 Å². The maximum atomic E-state index is 12.5. The Morgan fingerprint density at radius 2 is 2.14 bits per heavy atom. The van der Waals surface area contributed by atoms with Gasteiger partial charge in [0.25, 0.3) is 5.91 Å². The summed E-state index contributed by atoms with van der Waals surface area (Å²) >= 11 is 6.10. The van der Waals surface area contributed by atoms with Crippen LogP contribution < -0.4 is 10.6 Å². The number of halogens is 1. The van der Waals surface area contributed by atoms with Crippen molar-refractivity contribution in [3.8, 4) is 0 Å². The molecule has 1 aliphatic rings. The lowest BCUT2D eigenvalue weighted by molar-refractivity contribution is 0.102. The Hall–Kier alpha value is -1.84. The molecule has 4 heteroatoms. The van der Waals surface area contributed by atoms with E-state index in [0.29, 0.717) is 5.02 Å². The van der Waals surface area contributed by atoms with Crippen molar-refractivity contribution in [1.29, 1.82) is 0 Å². The van der Waals surface area contributed by atoms with Gasteiger partial charge in [0.2, 0.25) is 0 Å². The first-order chi connectivity index (χ1) is 10.1. The topological polar surface area (TPSA) is 41.1 Å². The molecule has 108 valence electrons.